The van der Waals surface area contributed by atoms with Crippen molar-refractivity contribution in [2.24, 2.45) is 11.8 Å². The van der Waals surface area contributed by atoms with Gasteiger partial charge in [0.1, 0.15) is 5.58 Å². The number of rotatable bonds is 7. The molecular formula is C54H45IrN2O. The molecule has 0 spiro atoms. The normalized spacial score (nSPS) is 19.6. The summed E-state index contributed by atoms with van der Waals surface area (Å²) in [5, 5.41) is 14.2. The summed E-state index contributed by atoms with van der Waals surface area (Å²) in [7, 11) is 0. The maximum absolute atomic E-state index is 9.69. The number of allylic oxidation sites excluding steroid dienone is 4. The number of hydrogen-bond acceptors (Lipinski definition) is 2. The number of aryl methyl sites for hydroxylation is 2. The molecule has 3 nitrogen and oxygen atoms in total. The van der Waals surface area contributed by atoms with Gasteiger partial charge in [0.15, 0.2) is 0 Å². The zero-order valence-corrected chi connectivity index (χ0v) is 34.5. The van der Waals surface area contributed by atoms with Crippen LogP contribution in [0.2, 0.25) is 0 Å². The first-order valence-electron chi connectivity index (χ1n) is 22.7. The Morgan fingerprint density at radius 3 is 2.40 bits per heavy atom. The molecule has 3 unspecified atom stereocenters. The summed E-state index contributed by atoms with van der Waals surface area (Å²) in [5.41, 5.74) is 10.2. The predicted molar refractivity (Wildman–Crippen MR) is 239 cm³/mol. The first-order chi connectivity index (χ1) is 30.4. The molecule has 2 aliphatic carbocycles. The van der Waals surface area contributed by atoms with Crippen molar-refractivity contribution in [2.75, 3.05) is 0 Å². The number of hydrogen-bond donors (Lipinski definition) is 0. The number of benzene rings is 6. The molecule has 0 N–H and O–H groups in total. The van der Waals surface area contributed by atoms with E-state index in [1.807, 2.05) is 36.4 Å². The first kappa shape index (κ1) is 32.3. The zero-order chi connectivity index (χ0) is 43.9. The molecule has 4 heteroatoms. The number of furan rings is 1. The number of nitrogens with zero attached hydrogens (tertiary/aromatic N) is 2. The molecule has 2 bridgehead atoms. The van der Waals surface area contributed by atoms with Crippen molar-refractivity contribution >= 4 is 50.1 Å². The van der Waals surface area contributed by atoms with Gasteiger partial charge in [-0.2, -0.15) is 6.21 Å². The van der Waals surface area contributed by atoms with E-state index in [0.717, 1.165) is 79.1 Å². The van der Waals surface area contributed by atoms with Crippen molar-refractivity contribution in [3.8, 4) is 22.4 Å². The van der Waals surface area contributed by atoms with E-state index in [0.29, 0.717) is 16.8 Å². The van der Waals surface area contributed by atoms with Crippen LogP contribution in [0.15, 0.2) is 150 Å². The summed E-state index contributed by atoms with van der Waals surface area (Å²) < 4.78 is 52.1. The monoisotopic (exact) mass is 936 g/mol. The predicted octanol–water partition coefficient (Wildman–Crippen LogP) is 14.4. The second kappa shape index (κ2) is 17.0. The Hall–Kier alpha value is -5.67. The largest absolute Gasteiger partial charge is 3.00 e. The maximum Gasteiger partial charge on any atom is 3.00 e. The summed E-state index contributed by atoms with van der Waals surface area (Å²) >= 11 is 0. The summed E-state index contributed by atoms with van der Waals surface area (Å²) in [4.78, 5) is 4.21. The third kappa shape index (κ3) is 7.80. The van der Waals surface area contributed by atoms with Gasteiger partial charge in [-0.3, -0.25) is 0 Å². The van der Waals surface area contributed by atoms with Gasteiger partial charge in [0.2, 0.25) is 0 Å². The molecule has 8 aromatic rings. The van der Waals surface area contributed by atoms with Crippen molar-refractivity contribution in [3.05, 3.63) is 191 Å². The van der Waals surface area contributed by atoms with E-state index < -0.39 is 13.7 Å². The average Bonchev–Trinajstić information content (AvgIpc) is 4.04. The Morgan fingerprint density at radius 1 is 0.828 bits per heavy atom. The SMILES string of the molecule is C/C(=C\C(=C/C=[N-])c1ccc(C2CC3CCC2C3)cc1)c1[c-]ccc2c1oc1c3ccccc3ccc21.[2H]C([2H])([2H])c1ccc(-c2[c-]cc(C([2H])([2H])[2H])c(-c3ccccc3)c2)nc1.[Ir+3]. The van der Waals surface area contributed by atoms with Gasteiger partial charge in [0.05, 0.1) is 0 Å². The number of aromatic nitrogens is 1. The van der Waals surface area contributed by atoms with Crippen molar-refractivity contribution in [2.45, 2.75) is 52.2 Å². The molecule has 6 aromatic carbocycles. The molecule has 2 aromatic heterocycles. The van der Waals surface area contributed by atoms with Crippen molar-refractivity contribution in [1.82, 2.24) is 4.98 Å². The van der Waals surface area contributed by atoms with Crippen molar-refractivity contribution in [3.63, 3.8) is 0 Å². The Balaban J connectivity index is 0.000000184. The van der Waals surface area contributed by atoms with Crippen molar-refractivity contribution in [1.29, 1.82) is 0 Å². The second-order valence-corrected chi connectivity index (χ2v) is 15.3. The van der Waals surface area contributed by atoms with Gasteiger partial charge in [-0.15, -0.1) is 58.7 Å². The topological polar surface area (TPSA) is 48.3 Å². The van der Waals surface area contributed by atoms with Crippen LogP contribution in [0, 0.1) is 37.7 Å². The quantitative estimate of drug-likeness (QED) is 0.0908. The molecule has 0 radical (unpaired) electrons. The van der Waals surface area contributed by atoms with Crippen LogP contribution in [0.1, 0.15) is 74.6 Å². The van der Waals surface area contributed by atoms with Crippen LogP contribution >= 0.6 is 0 Å². The number of pyridine rings is 1. The molecular weight excluding hydrogens is 885 g/mol. The molecule has 2 aliphatic rings. The Bertz CT molecular complexity index is 3020. The maximum atomic E-state index is 9.69. The molecule has 2 fully saturated rings. The van der Waals surface area contributed by atoms with Crippen LogP contribution in [0.5, 0.6) is 0 Å². The first-order valence-corrected chi connectivity index (χ1v) is 19.7. The van der Waals surface area contributed by atoms with Gasteiger partial charge in [0, 0.05) is 30.8 Å². The molecule has 2 saturated carbocycles. The Morgan fingerprint density at radius 2 is 1.66 bits per heavy atom. The van der Waals surface area contributed by atoms with Gasteiger partial charge < -0.3 is 14.8 Å². The Kier molecular flexibility index (Phi) is 9.50. The van der Waals surface area contributed by atoms with Gasteiger partial charge in [-0.05, 0) is 82.8 Å². The zero-order valence-electron chi connectivity index (χ0n) is 38.1. The van der Waals surface area contributed by atoms with Crippen LogP contribution < -0.4 is 0 Å². The fraction of sp³-hybridized carbons (Fsp3) is 0.185. The summed E-state index contributed by atoms with van der Waals surface area (Å²) in [6, 6.07) is 47.7. The molecule has 2 heterocycles. The van der Waals surface area contributed by atoms with E-state index in [4.69, 9.17) is 12.6 Å². The van der Waals surface area contributed by atoms with E-state index in [1.54, 1.807) is 18.2 Å². The molecule has 10 rings (SSSR count). The minimum absolute atomic E-state index is 0. The Labute approximate surface area is 363 Å². The van der Waals surface area contributed by atoms with Gasteiger partial charge in [-0.25, -0.2) is 0 Å². The average molecular weight is 936 g/mol. The van der Waals surface area contributed by atoms with Crippen LogP contribution in [0.25, 0.3) is 71.7 Å². The minimum atomic E-state index is -2.27. The molecule has 286 valence electrons. The van der Waals surface area contributed by atoms with E-state index in [-0.39, 0.29) is 31.2 Å². The van der Waals surface area contributed by atoms with Gasteiger partial charge >= 0.3 is 20.1 Å². The third-order valence-corrected chi connectivity index (χ3v) is 11.8. The number of fused-ring (bicyclic) bond motifs is 7. The van der Waals surface area contributed by atoms with Crippen molar-refractivity contribution < 1.29 is 32.7 Å². The van der Waals surface area contributed by atoms with Crippen LogP contribution in [-0.2, 0) is 20.1 Å². The molecule has 0 amide bonds. The second-order valence-electron chi connectivity index (χ2n) is 15.3. The molecule has 0 saturated heterocycles. The van der Waals surface area contributed by atoms with Gasteiger partial charge in [0.25, 0.3) is 0 Å². The van der Waals surface area contributed by atoms with Gasteiger partial charge in [-0.1, -0.05) is 146 Å². The van der Waals surface area contributed by atoms with Crippen LogP contribution in [0.3, 0.4) is 0 Å². The fourth-order valence-corrected chi connectivity index (χ4v) is 9.00. The fourth-order valence-electron chi connectivity index (χ4n) is 9.00. The summed E-state index contributed by atoms with van der Waals surface area (Å²) in [6.45, 7) is -2.39. The molecule has 0 aliphatic heterocycles. The van der Waals surface area contributed by atoms with E-state index in [2.05, 4.69) is 96.8 Å². The molecule has 58 heavy (non-hydrogen) atoms. The standard InChI is InChI=1S/C35H29NO.C19H16N.Ir/c1-22(19-27(17-18-36)24-11-13-26(14-12-24)33-21-23-9-10-28(33)20-23)29-7-4-8-31-32-16-15-25-5-2-3-6-30(25)35(32)37-34(29)31;1-14-8-11-19(20-13-14)17-10-9-15(2)18(12-17)16-6-4-3-5-7-16;/h2-6,8,11-19,23,28,33H,9-10,20-21H2,1H3;3-9,11-13H,1-2H3;/q-2;-1;+3/b22-19+,27-17+;;/i;1D3,2D3;. The van der Waals surface area contributed by atoms with E-state index >= 15 is 0 Å². The molecule has 3 atom stereocenters. The van der Waals surface area contributed by atoms with E-state index in [1.165, 1.54) is 55.0 Å². The summed E-state index contributed by atoms with van der Waals surface area (Å²) in [5.74, 6) is 2.53. The van der Waals surface area contributed by atoms with E-state index in [9.17, 15) is 5.41 Å². The van der Waals surface area contributed by atoms with Crippen LogP contribution in [-0.4, -0.2) is 11.2 Å². The summed E-state index contributed by atoms with van der Waals surface area (Å²) in [6.07, 6.45) is 11.9. The van der Waals surface area contributed by atoms with Crippen LogP contribution in [0.4, 0.5) is 0 Å². The third-order valence-electron chi connectivity index (χ3n) is 11.8. The minimum Gasteiger partial charge on any atom is -0.811 e. The smallest absolute Gasteiger partial charge is 0.811 e.